The Labute approximate surface area is 137 Å². The van der Waals surface area contributed by atoms with Crippen molar-refractivity contribution < 1.29 is 13.9 Å². The van der Waals surface area contributed by atoms with E-state index in [2.05, 4.69) is 19.0 Å². The molecule has 0 aliphatic carbocycles. The van der Waals surface area contributed by atoms with Crippen LogP contribution in [0.5, 0.6) is 0 Å². The molecule has 5 heteroatoms. The summed E-state index contributed by atoms with van der Waals surface area (Å²) >= 11 is 0. The van der Waals surface area contributed by atoms with Crippen LogP contribution in [0.15, 0.2) is 24.3 Å². The quantitative estimate of drug-likeness (QED) is 0.839. The lowest BCUT2D eigenvalue weighted by molar-refractivity contribution is -0.125. The number of amides is 1. The van der Waals surface area contributed by atoms with Crippen LogP contribution in [0.4, 0.5) is 4.39 Å². The highest BCUT2D eigenvalue weighted by Gasteiger charge is 2.41. The molecule has 1 aromatic rings. The van der Waals surface area contributed by atoms with Gasteiger partial charge in [0.25, 0.3) is 5.91 Å². The number of rotatable bonds is 2. The molecule has 1 spiro atoms. The Bertz CT molecular complexity index is 568. The molecule has 3 rings (SSSR count). The van der Waals surface area contributed by atoms with Gasteiger partial charge in [-0.15, -0.1) is 0 Å². The molecule has 126 valence electrons. The van der Waals surface area contributed by atoms with Gasteiger partial charge in [-0.3, -0.25) is 4.79 Å². The number of likely N-dealkylation sites (tertiary alicyclic amines) is 1. The molecular weight excluding hydrogens is 295 g/mol. The minimum absolute atomic E-state index is 0.0840. The van der Waals surface area contributed by atoms with E-state index in [1.165, 1.54) is 12.1 Å². The topological polar surface area (TPSA) is 32.8 Å². The van der Waals surface area contributed by atoms with Crippen LogP contribution in [0.25, 0.3) is 0 Å². The molecule has 2 saturated heterocycles. The van der Waals surface area contributed by atoms with Crippen molar-refractivity contribution in [1.82, 2.24) is 9.80 Å². The highest BCUT2D eigenvalue weighted by atomic mass is 19.1. The summed E-state index contributed by atoms with van der Waals surface area (Å²) in [6.45, 7) is 2.14. The molecule has 2 aliphatic heterocycles. The minimum Gasteiger partial charge on any atom is -0.375 e. The molecule has 0 radical (unpaired) electrons. The third-order valence-electron chi connectivity index (χ3n) is 5.23. The van der Waals surface area contributed by atoms with Gasteiger partial charge in [0.2, 0.25) is 0 Å². The molecule has 0 aromatic heterocycles. The van der Waals surface area contributed by atoms with Crippen molar-refractivity contribution in [3.8, 4) is 0 Å². The number of halogens is 1. The van der Waals surface area contributed by atoms with E-state index in [1.54, 1.807) is 12.1 Å². The fourth-order valence-corrected chi connectivity index (χ4v) is 3.71. The minimum atomic E-state index is -0.367. The summed E-state index contributed by atoms with van der Waals surface area (Å²) in [5.74, 6) is -0.451. The average Bonchev–Trinajstić information content (AvgIpc) is 2.55. The Morgan fingerprint density at radius 3 is 2.74 bits per heavy atom. The van der Waals surface area contributed by atoms with E-state index in [0.29, 0.717) is 24.7 Å². The first kappa shape index (κ1) is 16.4. The summed E-state index contributed by atoms with van der Waals surface area (Å²) < 4.78 is 19.4. The van der Waals surface area contributed by atoms with Crippen molar-refractivity contribution in [2.45, 2.75) is 37.3 Å². The summed E-state index contributed by atoms with van der Waals surface area (Å²) in [6, 6.07) is 6.48. The number of benzene rings is 1. The van der Waals surface area contributed by atoms with Crippen LogP contribution in [0.1, 0.15) is 36.0 Å². The standard InChI is InChI=1S/C18H25FN2O2/c1-20(2)16-6-11-23-18(13-16)7-9-21(10-8-18)17(22)14-4-3-5-15(19)12-14/h3-5,12,16H,6-11,13H2,1-2H3/t16-/m1/s1. The van der Waals surface area contributed by atoms with E-state index >= 15 is 0 Å². The molecule has 1 aromatic carbocycles. The Kier molecular flexibility index (Phi) is 4.69. The molecule has 0 N–H and O–H groups in total. The zero-order chi connectivity index (χ0) is 16.4. The molecule has 1 amide bonds. The molecule has 0 unspecified atom stereocenters. The van der Waals surface area contributed by atoms with Crippen molar-refractivity contribution >= 4 is 5.91 Å². The summed E-state index contributed by atoms with van der Waals surface area (Å²) in [5.41, 5.74) is 0.336. The lowest BCUT2D eigenvalue weighted by Crippen LogP contribution is -2.53. The number of hydrogen-bond acceptors (Lipinski definition) is 3. The predicted octanol–water partition coefficient (Wildman–Crippen LogP) is 2.54. The zero-order valence-corrected chi connectivity index (χ0v) is 13.9. The second kappa shape index (κ2) is 6.57. The van der Waals surface area contributed by atoms with Gasteiger partial charge in [0.1, 0.15) is 5.82 Å². The maximum absolute atomic E-state index is 13.3. The monoisotopic (exact) mass is 320 g/mol. The van der Waals surface area contributed by atoms with Crippen molar-refractivity contribution in [2.75, 3.05) is 33.8 Å². The molecule has 0 bridgehead atoms. The van der Waals surface area contributed by atoms with Gasteiger partial charge in [0.05, 0.1) is 5.60 Å². The summed E-state index contributed by atoms with van der Waals surface area (Å²) in [7, 11) is 4.23. The first-order chi connectivity index (χ1) is 11.0. The van der Waals surface area contributed by atoms with Crippen molar-refractivity contribution in [3.05, 3.63) is 35.6 Å². The maximum Gasteiger partial charge on any atom is 0.253 e. The normalized spacial score (nSPS) is 24.2. The van der Waals surface area contributed by atoms with Crippen LogP contribution in [0.2, 0.25) is 0 Å². The molecule has 1 atom stereocenters. The molecule has 0 saturated carbocycles. The van der Waals surface area contributed by atoms with Crippen molar-refractivity contribution in [2.24, 2.45) is 0 Å². The highest BCUT2D eigenvalue weighted by Crippen LogP contribution is 2.36. The van der Waals surface area contributed by atoms with Gasteiger partial charge in [-0.05, 0) is 58.0 Å². The van der Waals surface area contributed by atoms with Gasteiger partial charge in [-0.1, -0.05) is 6.07 Å². The van der Waals surface area contributed by atoms with Gasteiger partial charge in [0, 0.05) is 31.3 Å². The maximum atomic E-state index is 13.3. The summed E-state index contributed by atoms with van der Waals surface area (Å²) in [4.78, 5) is 16.6. The van der Waals surface area contributed by atoms with Crippen molar-refractivity contribution in [1.29, 1.82) is 0 Å². The van der Waals surface area contributed by atoms with Crippen LogP contribution < -0.4 is 0 Å². The number of carbonyl (C=O) groups is 1. The van der Waals surface area contributed by atoms with E-state index in [-0.39, 0.29) is 17.3 Å². The van der Waals surface area contributed by atoms with Crippen molar-refractivity contribution in [3.63, 3.8) is 0 Å². The van der Waals surface area contributed by atoms with E-state index in [1.807, 2.05) is 4.90 Å². The summed E-state index contributed by atoms with van der Waals surface area (Å²) in [5, 5.41) is 0. The summed E-state index contributed by atoms with van der Waals surface area (Å²) in [6.07, 6.45) is 3.82. The number of piperidine rings is 1. The second-order valence-corrected chi connectivity index (χ2v) is 6.94. The number of hydrogen-bond donors (Lipinski definition) is 0. The van der Waals surface area contributed by atoms with E-state index < -0.39 is 0 Å². The molecule has 2 heterocycles. The Balaban J connectivity index is 1.63. The number of nitrogens with zero attached hydrogens (tertiary/aromatic N) is 2. The van der Waals surface area contributed by atoms with E-state index in [9.17, 15) is 9.18 Å². The van der Waals surface area contributed by atoms with Crippen LogP contribution in [0.3, 0.4) is 0 Å². The number of carbonyl (C=O) groups excluding carboxylic acids is 1. The van der Waals surface area contributed by atoms with Gasteiger partial charge in [-0.25, -0.2) is 4.39 Å². The fraction of sp³-hybridized carbons (Fsp3) is 0.611. The highest BCUT2D eigenvalue weighted by molar-refractivity contribution is 5.94. The van der Waals surface area contributed by atoms with Gasteiger partial charge >= 0.3 is 0 Å². The van der Waals surface area contributed by atoms with Gasteiger partial charge in [-0.2, -0.15) is 0 Å². The smallest absolute Gasteiger partial charge is 0.253 e. The largest absolute Gasteiger partial charge is 0.375 e. The predicted molar refractivity (Wildman–Crippen MR) is 86.9 cm³/mol. The average molecular weight is 320 g/mol. The Morgan fingerprint density at radius 2 is 2.09 bits per heavy atom. The zero-order valence-electron chi connectivity index (χ0n) is 13.9. The van der Waals surface area contributed by atoms with Crippen LogP contribution >= 0.6 is 0 Å². The van der Waals surface area contributed by atoms with Gasteiger partial charge in [0.15, 0.2) is 0 Å². The molecule has 2 aliphatic rings. The number of ether oxygens (including phenoxy) is 1. The first-order valence-electron chi connectivity index (χ1n) is 8.34. The van der Waals surface area contributed by atoms with E-state index in [4.69, 9.17) is 4.74 Å². The third-order valence-corrected chi connectivity index (χ3v) is 5.23. The second-order valence-electron chi connectivity index (χ2n) is 6.94. The Morgan fingerprint density at radius 1 is 1.35 bits per heavy atom. The molecule has 23 heavy (non-hydrogen) atoms. The Hall–Kier alpha value is -1.46. The van der Waals surface area contributed by atoms with Gasteiger partial charge < -0.3 is 14.5 Å². The molecule has 2 fully saturated rings. The van der Waals surface area contributed by atoms with Crippen LogP contribution in [-0.4, -0.2) is 61.1 Å². The van der Waals surface area contributed by atoms with E-state index in [0.717, 1.165) is 32.3 Å². The van der Waals surface area contributed by atoms with Crippen LogP contribution in [-0.2, 0) is 4.74 Å². The molecular formula is C18H25FN2O2. The SMILES string of the molecule is CN(C)[C@@H]1CCOC2(CCN(C(=O)c3cccc(F)c3)CC2)C1. The lowest BCUT2D eigenvalue weighted by Gasteiger charge is -2.47. The third kappa shape index (κ3) is 3.56. The molecule has 4 nitrogen and oxygen atoms in total. The fourth-order valence-electron chi connectivity index (χ4n) is 3.71. The van der Waals surface area contributed by atoms with Crippen LogP contribution in [0, 0.1) is 5.82 Å². The lowest BCUT2D eigenvalue weighted by atomic mass is 9.82. The first-order valence-corrected chi connectivity index (χ1v) is 8.34.